The van der Waals surface area contributed by atoms with Gasteiger partial charge in [0.2, 0.25) is 5.91 Å². The van der Waals surface area contributed by atoms with Gasteiger partial charge in [-0.05, 0) is 32.1 Å². The van der Waals surface area contributed by atoms with Crippen LogP contribution in [0.3, 0.4) is 0 Å². The quantitative estimate of drug-likeness (QED) is 0.0266. The van der Waals surface area contributed by atoms with Crippen LogP contribution in [0.25, 0.3) is 0 Å². The molecule has 1 saturated heterocycles. The first-order chi connectivity index (χ1) is 27.3. The summed E-state index contributed by atoms with van der Waals surface area (Å²) in [5.74, 6) is -0.191. The van der Waals surface area contributed by atoms with Crippen molar-refractivity contribution in [3.05, 3.63) is 24.3 Å². The van der Waals surface area contributed by atoms with E-state index in [4.69, 9.17) is 9.47 Å². The Morgan fingerprint density at radius 3 is 1.50 bits per heavy atom. The summed E-state index contributed by atoms with van der Waals surface area (Å²) in [6, 6.07) is -0.815. The van der Waals surface area contributed by atoms with E-state index in [-0.39, 0.29) is 12.5 Å². The maximum atomic E-state index is 12.8. The third-order valence-electron chi connectivity index (χ3n) is 11.3. The normalized spacial score (nSPS) is 21.3. The van der Waals surface area contributed by atoms with Crippen LogP contribution in [0, 0.1) is 0 Å². The SMILES string of the molecule is CCCCCCCCCCCCCCCCCCCCC/C=C/CC/C=C/C(O)C(COC1OC(CO)C(O)C(O)C1O)NC(=O)CCCCCCCCCC. The molecule has 6 N–H and O–H groups in total. The number of unbranched alkanes of at least 4 members (excludes halogenated alkanes) is 27. The fraction of sp³-hybridized carbons (Fsp3) is 0.894. The van der Waals surface area contributed by atoms with Gasteiger partial charge in [0, 0.05) is 6.42 Å². The zero-order valence-electron chi connectivity index (χ0n) is 36.1. The fourth-order valence-electron chi connectivity index (χ4n) is 7.47. The summed E-state index contributed by atoms with van der Waals surface area (Å²) in [4.78, 5) is 12.8. The van der Waals surface area contributed by atoms with Gasteiger partial charge in [0.15, 0.2) is 6.29 Å². The third kappa shape index (κ3) is 28.2. The Morgan fingerprint density at radius 1 is 0.589 bits per heavy atom. The van der Waals surface area contributed by atoms with Gasteiger partial charge in [-0.15, -0.1) is 0 Å². The minimum atomic E-state index is -1.57. The molecule has 0 aromatic heterocycles. The predicted octanol–water partition coefficient (Wildman–Crippen LogP) is 9.89. The molecule has 7 unspecified atom stereocenters. The lowest BCUT2D eigenvalue weighted by molar-refractivity contribution is -0.302. The number of ether oxygens (including phenoxy) is 2. The molecule has 0 bridgehead atoms. The summed E-state index contributed by atoms with van der Waals surface area (Å²) in [7, 11) is 0. The van der Waals surface area contributed by atoms with Gasteiger partial charge in [-0.3, -0.25) is 4.79 Å². The molecule has 7 atom stereocenters. The number of amides is 1. The second-order valence-corrected chi connectivity index (χ2v) is 16.5. The second kappa shape index (κ2) is 37.9. The standard InChI is InChI=1S/C47H89NO8/c1-3-5-7-9-11-13-14-15-16-17-18-19-20-21-22-23-24-25-26-27-28-29-30-32-34-36-41(50)40(48-43(51)37-35-33-31-12-10-8-6-4-2)39-55-47-46(54)45(53)44(52)42(38-49)56-47/h28-29,34,36,40-42,44-47,49-50,52-54H,3-27,30-33,35,37-39H2,1-2H3,(H,48,51)/b29-28+,36-34+. The molecule has 9 heteroatoms. The minimum Gasteiger partial charge on any atom is -0.394 e. The van der Waals surface area contributed by atoms with E-state index in [1.165, 1.54) is 154 Å². The highest BCUT2D eigenvalue weighted by molar-refractivity contribution is 5.76. The number of aliphatic hydroxyl groups excluding tert-OH is 5. The molecule has 9 nitrogen and oxygen atoms in total. The van der Waals surface area contributed by atoms with Crippen LogP contribution in [0.15, 0.2) is 24.3 Å². The van der Waals surface area contributed by atoms with Crippen LogP contribution in [0.2, 0.25) is 0 Å². The number of carbonyl (C=O) groups is 1. The average molecular weight is 796 g/mol. The van der Waals surface area contributed by atoms with Crippen molar-refractivity contribution in [2.45, 2.75) is 256 Å². The van der Waals surface area contributed by atoms with Crippen LogP contribution < -0.4 is 5.32 Å². The highest BCUT2D eigenvalue weighted by Gasteiger charge is 2.44. The first kappa shape index (κ1) is 52.7. The molecule has 1 heterocycles. The Morgan fingerprint density at radius 2 is 1.02 bits per heavy atom. The highest BCUT2D eigenvalue weighted by Crippen LogP contribution is 2.23. The number of allylic oxidation sites excluding steroid dienone is 3. The average Bonchev–Trinajstić information content (AvgIpc) is 3.20. The summed E-state index contributed by atoms with van der Waals surface area (Å²) in [5.41, 5.74) is 0. The Bertz CT molecular complexity index is 930. The van der Waals surface area contributed by atoms with Crippen molar-refractivity contribution < 1.29 is 39.8 Å². The van der Waals surface area contributed by atoms with E-state index >= 15 is 0 Å². The van der Waals surface area contributed by atoms with E-state index in [2.05, 4.69) is 31.3 Å². The van der Waals surface area contributed by atoms with Crippen LogP contribution in [-0.2, 0) is 14.3 Å². The summed E-state index contributed by atoms with van der Waals surface area (Å²) in [6.45, 7) is 3.72. The third-order valence-corrected chi connectivity index (χ3v) is 11.3. The minimum absolute atomic E-state index is 0.191. The number of carbonyl (C=O) groups excluding carboxylic acids is 1. The first-order valence-electron chi connectivity index (χ1n) is 23.6. The van der Waals surface area contributed by atoms with Gasteiger partial charge in [0.25, 0.3) is 0 Å². The Balaban J connectivity index is 2.25. The van der Waals surface area contributed by atoms with Crippen molar-refractivity contribution >= 4 is 5.91 Å². The van der Waals surface area contributed by atoms with E-state index < -0.39 is 49.5 Å². The van der Waals surface area contributed by atoms with Crippen molar-refractivity contribution in [3.8, 4) is 0 Å². The zero-order chi connectivity index (χ0) is 40.9. The van der Waals surface area contributed by atoms with Crippen molar-refractivity contribution in [2.75, 3.05) is 13.2 Å². The predicted molar refractivity (Wildman–Crippen MR) is 230 cm³/mol. The van der Waals surface area contributed by atoms with Gasteiger partial charge in [0.1, 0.15) is 24.4 Å². The lowest BCUT2D eigenvalue weighted by atomic mass is 9.99. The molecule has 1 aliphatic rings. The Kier molecular flexibility index (Phi) is 35.7. The van der Waals surface area contributed by atoms with Crippen molar-refractivity contribution in [3.63, 3.8) is 0 Å². The van der Waals surface area contributed by atoms with E-state index in [9.17, 15) is 30.3 Å². The largest absolute Gasteiger partial charge is 0.394 e. The Hall–Kier alpha value is -1.33. The van der Waals surface area contributed by atoms with E-state index in [1.807, 2.05) is 6.08 Å². The van der Waals surface area contributed by atoms with Crippen LogP contribution in [0.1, 0.15) is 213 Å². The molecule has 0 aromatic carbocycles. The lowest BCUT2D eigenvalue weighted by Gasteiger charge is -2.40. The summed E-state index contributed by atoms with van der Waals surface area (Å²) in [5, 5.41) is 54.0. The first-order valence-corrected chi connectivity index (χ1v) is 23.6. The number of hydrogen-bond donors (Lipinski definition) is 6. The number of nitrogens with one attached hydrogen (secondary N) is 1. The molecule has 1 amide bonds. The van der Waals surface area contributed by atoms with Gasteiger partial charge in [0.05, 0.1) is 25.4 Å². The number of aliphatic hydroxyl groups is 5. The van der Waals surface area contributed by atoms with E-state index in [1.54, 1.807) is 6.08 Å². The second-order valence-electron chi connectivity index (χ2n) is 16.5. The molecule has 0 radical (unpaired) electrons. The molecule has 1 fully saturated rings. The fourth-order valence-corrected chi connectivity index (χ4v) is 7.47. The molecular weight excluding hydrogens is 707 g/mol. The van der Waals surface area contributed by atoms with Crippen LogP contribution >= 0.6 is 0 Å². The summed E-state index contributed by atoms with van der Waals surface area (Å²) < 4.78 is 11.2. The molecule has 0 aromatic rings. The maximum Gasteiger partial charge on any atom is 0.220 e. The summed E-state index contributed by atoms with van der Waals surface area (Å²) >= 11 is 0. The lowest BCUT2D eigenvalue weighted by Crippen LogP contribution is -2.60. The number of hydrogen-bond acceptors (Lipinski definition) is 8. The van der Waals surface area contributed by atoms with Crippen molar-refractivity contribution in [1.29, 1.82) is 0 Å². The van der Waals surface area contributed by atoms with Crippen LogP contribution in [0.5, 0.6) is 0 Å². The molecule has 56 heavy (non-hydrogen) atoms. The van der Waals surface area contributed by atoms with Crippen LogP contribution in [0.4, 0.5) is 0 Å². The molecule has 330 valence electrons. The van der Waals surface area contributed by atoms with Crippen molar-refractivity contribution in [2.24, 2.45) is 0 Å². The molecule has 0 aliphatic carbocycles. The molecular formula is C47H89NO8. The van der Waals surface area contributed by atoms with Gasteiger partial charge in [-0.2, -0.15) is 0 Å². The van der Waals surface area contributed by atoms with Crippen molar-refractivity contribution in [1.82, 2.24) is 5.32 Å². The monoisotopic (exact) mass is 796 g/mol. The van der Waals surface area contributed by atoms with Gasteiger partial charge >= 0.3 is 0 Å². The highest BCUT2D eigenvalue weighted by atomic mass is 16.7. The van der Waals surface area contributed by atoms with E-state index in [0.717, 1.165) is 38.5 Å². The van der Waals surface area contributed by atoms with Gasteiger partial charge < -0.3 is 40.3 Å². The molecule has 0 spiro atoms. The molecule has 0 saturated carbocycles. The zero-order valence-corrected chi connectivity index (χ0v) is 36.1. The van der Waals surface area contributed by atoms with Crippen LogP contribution in [-0.4, -0.2) is 87.5 Å². The summed E-state index contributed by atoms with van der Waals surface area (Å²) in [6.07, 6.45) is 38.3. The smallest absolute Gasteiger partial charge is 0.220 e. The Labute approximate surface area is 343 Å². The van der Waals surface area contributed by atoms with Gasteiger partial charge in [-0.1, -0.05) is 199 Å². The maximum absolute atomic E-state index is 12.8. The van der Waals surface area contributed by atoms with Gasteiger partial charge in [-0.25, -0.2) is 0 Å². The molecule has 1 rings (SSSR count). The number of rotatable bonds is 39. The molecule has 1 aliphatic heterocycles. The topological polar surface area (TPSA) is 149 Å². The van der Waals surface area contributed by atoms with E-state index in [0.29, 0.717) is 6.42 Å².